The van der Waals surface area contributed by atoms with E-state index in [9.17, 15) is 0 Å². The van der Waals surface area contributed by atoms with Gasteiger partial charge < -0.3 is 4.74 Å². The van der Waals surface area contributed by atoms with E-state index >= 15 is 0 Å². The van der Waals surface area contributed by atoms with Gasteiger partial charge >= 0.3 is 0 Å². The van der Waals surface area contributed by atoms with Crippen molar-refractivity contribution in [1.82, 2.24) is 0 Å². The second-order valence-electron chi connectivity index (χ2n) is 8.84. The maximum absolute atomic E-state index is 6.64. The number of hydrogen-bond donors (Lipinski definition) is 0. The third kappa shape index (κ3) is 3.73. The van der Waals surface area contributed by atoms with Gasteiger partial charge in [0.15, 0.2) is 0 Å². The normalized spacial score (nSPS) is 44.6. The molecule has 0 amide bonds. The van der Waals surface area contributed by atoms with Crippen molar-refractivity contribution < 1.29 is 4.74 Å². The van der Waals surface area contributed by atoms with Crippen molar-refractivity contribution in [3.05, 3.63) is 12.7 Å². The summed E-state index contributed by atoms with van der Waals surface area (Å²) >= 11 is 0. The van der Waals surface area contributed by atoms with Gasteiger partial charge in [0, 0.05) is 0 Å². The maximum Gasteiger partial charge on any atom is 0.0839 e. The number of fused-ring (bicyclic) bond motifs is 1. The van der Waals surface area contributed by atoms with E-state index in [1.54, 1.807) is 0 Å². The predicted molar refractivity (Wildman–Crippen MR) is 91.5 cm³/mol. The predicted octanol–water partition coefficient (Wildman–Crippen LogP) is 6.13. The van der Waals surface area contributed by atoms with Crippen LogP contribution in [0.5, 0.6) is 0 Å². The SMILES string of the molecule is C=C[C@@]1(C)CCC2CCCCC(C)(C)C(C)CC[C@@]2(C)O1. The van der Waals surface area contributed by atoms with Gasteiger partial charge in [-0.1, -0.05) is 39.7 Å². The van der Waals surface area contributed by atoms with Crippen LogP contribution in [0.1, 0.15) is 86.0 Å². The molecule has 122 valence electrons. The fraction of sp³-hybridized carbons (Fsp3) is 0.900. The first-order valence-corrected chi connectivity index (χ1v) is 9.05. The van der Waals surface area contributed by atoms with Gasteiger partial charge in [0.05, 0.1) is 11.2 Å². The molecule has 0 spiro atoms. The lowest BCUT2D eigenvalue weighted by molar-refractivity contribution is -0.189. The molecule has 0 N–H and O–H groups in total. The summed E-state index contributed by atoms with van der Waals surface area (Å²) in [6.07, 6.45) is 12.4. The molecule has 1 heterocycles. The highest BCUT2D eigenvalue weighted by Gasteiger charge is 2.45. The van der Waals surface area contributed by atoms with Crippen LogP contribution in [0.2, 0.25) is 0 Å². The third-order valence-electron chi connectivity index (χ3n) is 6.78. The van der Waals surface area contributed by atoms with Gasteiger partial charge in [0.25, 0.3) is 0 Å². The monoisotopic (exact) mass is 292 g/mol. The molecule has 0 aromatic rings. The van der Waals surface area contributed by atoms with E-state index < -0.39 is 0 Å². The summed E-state index contributed by atoms with van der Waals surface area (Å²) in [7, 11) is 0. The molecule has 0 radical (unpaired) electrons. The summed E-state index contributed by atoms with van der Waals surface area (Å²) in [6, 6.07) is 0. The molecule has 2 rings (SSSR count). The zero-order valence-electron chi connectivity index (χ0n) is 15.0. The van der Waals surface area contributed by atoms with Crippen molar-refractivity contribution in [3.63, 3.8) is 0 Å². The number of hydrogen-bond acceptors (Lipinski definition) is 1. The van der Waals surface area contributed by atoms with Crippen LogP contribution in [0, 0.1) is 17.3 Å². The second-order valence-corrected chi connectivity index (χ2v) is 8.84. The summed E-state index contributed by atoms with van der Waals surface area (Å²) in [4.78, 5) is 0. The fourth-order valence-electron chi connectivity index (χ4n) is 4.39. The largest absolute Gasteiger partial charge is 0.365 e. The van der Waals surface area contributed by atoms with Crippen LogP contribution in [0.4, 0.5) is 0 Å². The third-order valence-corrected chi connectivity index (χ3v) is 6.78. The van der Waals surface area contributed by atoms with Crippen LogP contribution in [-0.2, 0) is 4.74 Å². The molecule has 2 fully saturated rings. The number of ether oxygens (including phenoxy) is 1. The van der Waals surface area contributed by atoms with Crippen LogP contribution in [0.25, 0.3) is 0 Å². The molecule has 21 heavy (non-hydrogen) atoms. The van der Waals surface area contributed by atoms with Crippen molar-refractivity contribution in [2.24, 2.45) is 17.3 Å². The van der Waals surface area contributed by atoms with Crippen LogP contribution in [0.3, 0.4) is 0 Å². The molecule has 1 saturated heterocycles. The molecule has 1 saturated carbocycles. The van der Waals surface area contributed by atoms with Gasteiger partial charge in [-0.3, -0.25) is 0 Å². The van der Waals surface area contributed by atoms with E-state index in [1.165, 1.54) is 44.9 Å². The quantitative estimate of drug-likeness (QED) is 0.528. The van der Waals surface area contributed by atoms with Gasteiger partial charge in [0.1, 0.15) is 0 Å². The second kappa shape index (κ2) is 6.07. The topological polar surface area (TPSA) is 9.23 Å². The van der Waals surface area contributed by atoms with Gasteiger partial charge in [-0.05, 0) is 69.6 Å². The lowest BCUT2D eigenvalue weighted by Crippen LogP contribution is -2.50. The number of rotatable bonds is 1. The minimum Gasteiger partial charge on any atom is -0.365 e. The van der Waals surface area contributed by atoms with E-state index in [0.29, 0.717) is 5.41 Å². The molecule has 1 heteroatoms. The van der Waals surface area contributed by atoms with E-state index in [0.717, 1.165) is 18.3 Å². The molecule has 0 aromatic carbocycles. The highest BCUT2D eigenvalue weighted by atomic mass is 16.5. The first-order chi connectivity index (χ1) is 9.71. The standard InChI is InChI=1S/C20H36O/c1-7-19(5)14-12-17-10-8-9-13-18(3,4)16(2)11-15-20(17,6)21-19/h7,16-17H,1,8-15H2,2-6H3/t16?,17?,19-,20+/m0/s1. The smallest absolute Gasteiger partial charge is 0.0839 e. The summed E-state index contributed by atoms with van der Waals surface area (Å²) in [6.45, 7) is 16.0. The molecule has 0 aromatic heterocycles. The minimum absolute atomic E-state index is 0.0445. The molecule has 1 aliphatic heterocycles. The van der Waals surface area contributed by atoms with Crippen molar-refractivity contribution in [3.8, 4) is 0 Å². The Morgan fingerprint density at radius 1 is 0.952 bits per heavy atom. The summed E-state index contributed by atoms with van der Waals surface area (Å²) in [5, 5.41) is 0. The zero-order valence-corrected chi connectivity index (χ0v) is 15.0. The van der Waals surface area contributed by atoms with Gasteiger partial charge in [-0.2, -0.15) is 0 Å². The van der Waals surface area contributed by atoms with Gasteiger partial charge in [-0.15, -0.1) is 6.58 Å². The highest BCUT2D eigenvalue weighted by molar-refractivity contribution is 5.03. The van der Waals surface area contributed by atoms with E-state index in [-0.39, 0.29) is 11.2 Å². The van der Waals surface area contributed by atoms with E-state index in [4.69, 9.17) is 4.74 Å². The molecule has 1 nitrogen and oxygen atoms in total. The van der Waals surface area contributed by atoms with Crippen molar-refractivity contribution in [1.29, 1.82) is 0 Å². The van der Waals surface area contributed by atoms with Crippen LogP contribution in [-0.4, -0.2) is 11.2 Å². The Hall–Kier alpha value is -0.300. The van der Waals surface area contributed by atoms with Gasteiger partial charge in [-0.25, -0.2) is 0 Å². The Balaban J connectivity index is 2.16. The minimum atomic E-state index is -0.117. The van der Waals surface area contributed by atoms with Crippen LogP contribution < -0.4 is 0 Å². The molecular weight excluding hydrogens is 256 g/mol. The molecule has 2 unspecified atom stereocenters. The maximum atomic E-state index is 6.64. The van der Waals surface area contributed by atoms with Crippen molar-refractivity contribution in [2.75, 3.05) is 0 Å². The molecular formula is C20H36O. The Labute approximate surface area is 132 Å². The average Bonchev–Trinajstić information content (AvgIpc) is 2.42. The average molecular weight is 293 g/mol. The molecule has 0 bridgehead atoms. The molecule has 4 atom stereocenters. The Morgan fingerprint density at radius 3 is 2.33 bits per heavy atom. The zero-order chi connectivity index (χ0) is 15.7. The van der Waals surface area contributed by atoms with Crippen molar-refractivity contribution in [2.45, 2.75) is 97.2 Å². The van der Waals surface area contributed by atoms with Gasteiger partial charge in [0.2, 0.25) is 0 Å². The molecule has 2 aliphatic rings. The Kier molecular flexibility index (Phi) is 4.93. The first kappa shape index (κ1) is 17.1. The summed E-state index contributed by atoms with van der Waals surface area (Å²) < 4.78 is 6.64. The highest BCUT2D eigenvalue weighted by Crippen LogP contribution is 2.47. The van der Waals surface area contributed by atoms with E-state index in [1.807, 2.05) is 6.08 Å². The van der Waals surface area contributed by atoms with E-state index in [2.05, 4.69) is 41.2 Å². The van der Waals surface area contributed by atoms with Crippen molar-refractivity contribution >= 4 is 0 Å². The molecule has 1 aliphatic carbocycles. The fourth-order valence-corrected chi connectivity index (χ4v) is 4.39. The van der Waals surface area contributed by atoms with Crippen LogP contribution in [0.15, 0.2) is 12.7 Å². The lowest BCUT2D eigenvalue weighted by atomic mass is 9.67. The lowest BCUT2D eigenvalue weighted by Gasteiger charge is -2.50. The summed E-state index contributed by atoms with van der Waals surface area (Å²) in [5.41, 5.74) is 0.399. The first-order valence-electron chi connectivity index (χ1n) is 9.05. The Morgan fingerprint density at radius 2 is 1.67 bits per heavy atom. The summed E-state index contributed by atoms with van der Waals surface area (Å²) in [5.74, 6) is 1.51. The Bertz CT molecular complexity index is 372. The van der Waals surface area contributed by atoms with Crippen LogP contribution >= 0.6 is 0 Å².